The lowest BCUT2D eigenvalue weighted by Gasteiger charge is -2.22. The van der Waals surface area contributed by atoms with Crippen LogP contribution in [0.2, 0.25) is 5.02 Å². The Labute approximate surface area is 131 Å². The van der Waals surface area contributed by atoms with Crippen LogP contribution in [0.5, 0.6) is 0 Å². The number of benzene rings is 1. The molecule has 1 aromatic carbocycles. The fourth-order valence-electron chi connectivity index (χ4n) is 2.67. The fraction of sp³-hybridized carbons (Fsp3) is 0.571. The third-order valence-corrected chi connectivity index (χ3v) is 6.30. The molecule has 2 N–H and O–H groups in total. The maximum atomic E-state index is 12.7. The van der Waals surface area contributed by atoms with Gasteiger partial charge < -0.3 is 10.6 Å². The highest BCUT2D eigenvalue weighted by molar-refractivity contribution is 7.89. The van der Waals surface area contributed by atoms with Crippen LogP contribution in [0.4, 0.5) is 5.69 Å². The van der Waals surface area contributed by atoms with Crippen molar-refractivity contribution in [2.24, 2.45) is 5.92 Å². The van der Waals surface area contributed by atoms with Gasteiger partial charge in [0.25, 0.3) is 0 Å². The molecule has 1 unspecified atom stereocenters. The number of hydrogen-bond donors (Lipinski definition) is 1. The highest BCUT2D eigenvalue weighted by Gasteiger charge is 2.29. The lowest BCUT2D eigenvalue weighted by Crippen LogP contribution is -2.33. The molecule has 2 rings (SSSR count). The molecule has 0 aromatic heterocycles. The van der Waals surface area contributed by atoms with Crippen molar-refractivity contribution in [3.8, 4) is 0 Å². The number of halogens is 1. The van der Waals surface area contributed by atoms with Gasteiger partial charge in [-0.05, 0) is 50.6 Å². The van der Waals surface area contributed by atoms with Gasteiger partial charge in [0.15, 0.2) is 0 Å². The van der Waals surface area contributed by atoms with Crippen LogP contribution >= 0.6 is 11.6 Å². The molecule has 0 spiro atoms. The number of nitrogens with zero attached hydrogens (tertiary/aromatic N) is 2. The van der Waals surface area contributed by atoms with Gasteiger partial charge in [-0.2, -0.15) is 0 Å². The van der Waals surface area contributed by atoms with Crippen LogP contribution in [-0.4, -0.2) is 51.4 Å². The molecule has 1 fully saturated rings. The Kier molecular flexibility index (Phi) is 4.82. The average Bonchev–Trinajstić information content (AvgIpc) is 2.79. The van der Waals surface area contributed by atoms with Gasteiger partial charge in [-0.25, -0.2) is 12.7 Å². The normalized spacial score (nSPS) is 20.3. The van der Waals surface area contributed by atoms with Gasteiger partial charge in [0.05, 0.1) is 5.02 Å². The van der Waals surface area contributed by atoms with Crippen molar-refractivity contribution >= 4 is 27.3 Å². The van der Waals surface area contributed by atoms with E-state index < -0.39 is 10.0 Å². The van der Waals surface area contributed by atoms with Gasteiger partial charge >= 0.3 is 0 Å². The second-order valence-electron chi connectivity index (χ2n) is 5.84. The predicted octanol–water partition coefficient (Wildman–Crippen LogP) is 1.80. The van der Waals surface area contributed by atoms with Crippen molar-refractivity contribution in [1.82, 2.24) is 9.21 Å². The summed E-state index contributed by atoms with van der Waals surface area (Å²) in [5, 5.41) is 0.220. The molecule has 118 valence electrons. The summed E-state index contributed by atoms with van der Waals surface area (Å²) in [4.78, 5) is 2.29. The first kappa shape index (κ1) is 16.5. The van der Waals surface area contributed by atoms with E-state index in [9.17, 15) is 8.42 Å². The molecule has 5 nitrogen and oxygen atoms in total. The summed E-state index contributed by atoms with van der Waals surface area (Å²) in [6.45, 7) is 4.23. The van der Waals surface area contributed by atoms with Gasteiger partial charge in [0.2, 0.25) is 10.0 Å². The maximum Gasteiger partial charge on any atom is 0.244 e. The Hall–Kier alpha value is -0.820. The van der Waals surface area contributed by atoms with Gasteiger partial charge in [-0.3, -0.25) is 0 Å². The number of likely N-dealkylation sites (tertiary alicyclic amines) is 1. The van der Waals surface area contributed by atoms with Crippen LogP contribution in [0.15, 0.2) is 17.0 Å². The molecule has 7 heteroatoms. The smallest absolute Gasteiger partial charge is 0.244 e. The van der Waals surface area contributed by atoms with Gasteiger partial charge in [-0.1, -0.05) is 11.6 Å². The minimum atomic E-state index is -3.61. The second kappa shape index (κ2) is 6.12. The summed E-state index contributed by atoms with van der Waals surface area (Å²) in [6.07, 6.45) is 1.01. The minimum absolute atomic E-state index is 0.0844. The predicted molar refractivity (Wildman–Crippen MR) is 86.0 cm³/mol. The van der Waals surface area contributed by atoms with Gasteiger partial charge in [0.1, 0.15) is 4.90 Å². The average molecular weight is 332 g/mol. The minimum Gasteiger partial charge on any atom is -0.398 e. The Morgan fingerprint density at radius 3 is 2.71 bits per heavy atom. The SMILES string of the molecule is Cc1cc(Cl)c(S(=O)(=O)N(C)CC2CCN(C)C2)cc1N. The van der Waals surface area contributed by atoms with E-state index in [1.165, 1.54) is 10.4 Å². The molecule has 1 aliphatic heterocycles. The molecule has 0 radical (unpaired) electrons. The molecular formula is C14H22ClN3O2S. The topological polar surface area (TPSA) is 66.6 Å². The highest BCUT2D eigenvalue weighted by Crippen LogP contribution is 2.29. The first-order valence-electron chi connectivity index (χ1n) is 6.92. The lowest BCUT2D eigenvalue weighted by molar-refractivity contribution is 0.357. The van der Waals surface area contributed by atoms with Crippen molar-refractivity contribution < 1.29 is 8.42 Å². The first-order chi connectivity index (χ1) is 9.71. The van der Waals surface area contributed by atoms with Crippen molar-refractivity contribution in [2.45, 2.75) is 18.2 Å². The summed E-state index contributed by atoms with van der Waals surface area (Å²) in [7, 11) is 0.0339. The summed E-state index contributed by atoms with van der Waals surface area (Å²) in [5.74, 6) is 0.358. The zero-order valence-corrected chi connectivity index (χ0v) is 14.2. The monoisotopic (exact) mass is 331 g/mol. The summed E-state index contributed by atoms with van der Waals surface area (Å²) < 4.78 is 26.7. The lowest BCUT2D eigenvalue weighted by atomic mass is 10.1. The number of sulfonamides is 1. The standard InChI is InChI=1S/C14H22ClN3O2S/c1-10-6-12(15)14(7-13(10)16)21(19,20)18(3)9-11-4-5-17(2)8-11/h6-7,11H,4-5,8-9,16H2,1-3H3. The van der Waals surface area contributed by atoms with Gasteiger partial charge in [-0.15, -0.1) is 0 Å². The number of rotatable bonds is 4. The summed E-state index contributed by atoms with van der Waals surface area (Å²) in [5.41, 5.74) is 7.03. The summed E-state index contributed by atoms with van der Waals surface area (Å²) >= 11 is 6.10. The van der Waals surface area contributed by atoms with E-state index in [2.05, 4.69) is 4.90 Å². The number of nitrogen functional groups attached to an aromatic ring is 1. The zero-order valence-electron chi connectivity index (χ0n) is 12.6. The number of nitrogens with two attached hydrogens (primary N) is 1. The fourth-order valence-corrected chi connectivity index (χ4v) is 4.51. The zero-order chi connectivity index (χ0) is 15.8. The number of hydrogen-bond acceptors (Lipinski definition) is 4. The van der Waals surface area contributed by atoms with Crippen LogP contribution in [0.25, 0.3) is 0 Å². The molecular weight excluding hydrogens is 310 g/mol. The van der Waals surface area contributed by atoms with Gasteiger partial charge in [0, 0.05) is 25.8 Å². The highest BCUT2D eigenvalue weighted by atomic mass is 35.5. The molecule has 1 saturated heterocycles. The van der Waals surface area contributed by atoms with Crippen molar-refractivity contribution in [3.05, 3.63) is 22.7 Å². The first-order valence-corrected chi connectivity index (χ1v) is 8.74. The largest absolute Gasteiger partial charge is 0.398 e. The second-order valence-corrected chi connectivity index (χ2v) is 8.26. The van der Waals surface area contributed by atoms with Crippen LogP contribution in [0.1, 0.15) is 12.0 Å². The Morgan fingerprint density at radius 1 is 1.48 bits per heavy atom. The van der Waals surface area contributed by atoms with E-state index in [4.69, 9.17) is 17.3 Å². The molecule has 1 aromatic rings. The molecule has 0 saturated carbocycles. The molecule has 1 aliphatic rings. The van der Waals surface area contributed by atoms with Crippen molar-refractivity contribution in [1.29, 1.82) is 0 Å². The molecule has 0 aliphatic carbocycles. The van der Waals surface area contributed by atoms with E-state index in [1.807, 2.05) is 7.05 Å². The van der Waals surface area contributed by atoms with Crippen LogP contribution in [-0.2, 0) is 10.0 Å². The third-order valence-electron chi connectivity index (χ3n) is 4.01. The Morgan fingerprint density at radius 2 is 2.14 bits per heavy atom. The van der Waals surface area contributed by atoms with Crippen molar-refractivity contribution in [3.63, 3.8) is 0 Å². The number of aryl methyl sites for hydroxylation is 1. The van der Waals surface area contributed by atoms with Crippen LogP contribution in [0, 0.1) is 12.8 Å². The van der Waals surface area contributed by atoms with E-state index >= 15 is 0 Å². The molecule has 0 bridgehead atoms. The van der Waals surface area contributed by atoms with Crippen LogP contribution in [0.3, 0.4) is 0 Å². The molecule has 1 atom stereocenters. The Bertz CT molecular complexity index is 633. The maximum absolute atomic E-state index is 12.7. The van der Waals surface area contributed by atoms with E-state index in [0.29, 0.717) is 18.2 Å². The van der Waals surface area contributed by atoms with E-state index in [1.54, 1.807) is 20.0 Å². The van der Waals surface area contributed by atoms with E-state index in [0.717, 1.165) is 25.1 Å². The molecule has 0 amide bonds. The Balaban J connectivity index is 2.23. The quantitative estimate of drug-likeness (QED) is 0.854. The van der Waals surface area contributed by atoms with Crippen LogP contribution < -0.4 is 5.73 Å². The summed E-state index contributed by atoms with van der Waals surface area (Å²) in [6, 6.07) is 3.05. The third kappa shape index (κ3) is 3.51. The molecule has 1 heterocycles. The van der Waals surface area contributed by atoms with E-state index in [-0.39, 0.29) is 9.92 Å². The number of anilines is 1. The van der Waals surface area contributed by atoms with Crippen molar-refractivity contribution in [2.75, 3.05) is 39.5 Å². The molecule has 21 heavy (non-hydrogen) atoms.